The number of pyridine rings is 1. The summed E-state index contributed by atoms with van der Waals surface area (Å²) in [6.07, 6.45) is 2.25. The van der Waals surface area contributed by atoms with Gasteiger partial charge in [0.2, 0.25) is 0 Å². The molecular weight excluding hydrogens is 403 g/mol. The van der Waals surface area contributed by atoms with E-state index < -0.39 is 23.9 Å². The van der Waals surface area contributed by atoms with Crippen molar-refractivity contribution in [2.24, 2.45) is 0 Å². The Morgan fingerprint density at radius 2 is 2.00 bits per heavy atom. The lowest BCUT2D eigenvalue weighted by Gasteiger charge is -2.20. The molecule has 0 aliphatic heterocycles. The van der Waals surface area contributed by atoms with Crippen LogP contribution in [0.5, 0.6) is 5.75 Å². The van der Waals surface area contributed by atoms with Crippen LogP contribution in [-0.4, -0.2) is 41.4 Å². The predicted molar refractivity (Wildman–Crippen MR) is 113 cm³/mol. The van der Waals surface area contributed by atoms with Gasteiger partial charge in [-0.25, -0.2) is 14.0 Å². The molecule has 0 radical (unpaired) electrons. The van der Waals surface area contributed by atoms with Crippen molar-refractivity contribution < 1.29 is 28.6 Å². The van der Waals surface area contributed by atoms with E-state index >= 15 is 0 Å². The third-order valence-electron chi connectivity index (χ3n) is 4.43. The summed E-state index contributed by atoms with van der Waals surface area (Å²) in [5.74, 6) is -1.88. The first-order valence-electron chi connectivity index (χ1n) is 9.50. The van der Waals surface area contributed by atoms with E-state index in [4.69, 9.17) is 9.47 Å². The van der Waals surface area contributed by atoms with E-state index in [1.165, 1.54) is 12.1 Å². The van der Waals surface area contributed by atoms with E-state index in [0.29, 0.717) is 11.9 Å². The van der Waals surface area contributed by atoms with Crippen molar-refractivity contribution >= 4 is 23.0 Å². The number of nitrogens with zero attached hydrogens (tertiary/aromatic N) is 1. The number of rotatable bonds is 9. The van der Waals surface area contributed by atoms with Gasteiger partial charge in [-0.1, -0.05) is 43.0 Å². The summed E-state index contributed by atoms with van der Waals surface area (Å²) in [7, 11) is 0. The molecule has 0 unspecified atom stereocenters. The first-order chi connectivity index (χ1) is 15.0. The minimum absolute atomic E-state index is 0.0351. The number of amides is 1. The van der Waals surface area contributed by atoms with Gasteiger partial charge >= 0.3 is 12.1 Å². The number of alkyl carbamates (subject to hydrolysis) is 1. The Labute approximate surface area is 178 Å². The van der Waals surface area contributed by atoms with Gasteiger partial charge in [-0.15, -0.1) is 0 Å². The molecule has 3 rings (SSSR count). The molecule has 160 valence electrons. The third kappa shape index (κ3) is 5.79. The number of aromatic nitrogens is 1. The van der Waals surface area contributed by atoms with Crippen molar-refractivity contribution in [3.8, 4) is 5.75 Å². The second kappa shape index (κ2) is 10.2. The Kier molecular flexibility index (Phi) is 7.16. The van der Waals surface area contributed by atoms with Crippen LogP contribution in [0.3, 0.4) is 0 Å². The molecule has 0 saturated heterocycles. The number of carbonyl (C=O) groups is 2. The van der Waals surface area contributed by atoms with E-state index in [2.05, 4.69) is 16.9 Å². The summed E-state index contributed by atoms with van der Waals surface area (Å²) in [5, 5.41) is 12.5. The fourth-order valence-corrected chi connectivity index (χ4v) is 3.08. The van der Waals surface area contributed by atoms with Gasteiger partial charge in [0, 0.05) is 5.39 Å². The number of aromatic carboxylic acids is 1. The van der Waals surface area contributed by atoms with E-state index in [1.54, 1.807) is 6.07 Å². The zero-order valence-electron chi connectivity index (χ0n) is 16.6. The molecule has 3 aromatic rings. The maximum absolute atomic E-state index is 13.6. The summed E-state index contributed by atoms with van der Waals surface area (Å²) < 4.78 is 24.4. The SMILES string of the molecule is C=CCOC(=O)N[C@@H](COc1ccc2ncc(F)cc2c1C(=O)O)Cc1ccccc1. The Morgan fingerprint density at radius 3 is 2.71 bits per heavy atom. The molecule has 0 bridgehead atoms. The number of carboxylic acids is 1. The minimum Gasteiger partial charge on any atom is -0.491 e. The van der Waals surface area contributed by atoms with Gasteiger partial charge in [0.1, 0.15) is 30.3 Å². The fourth-order valence-electron chi connectivity index (χ4n) is 3.08. The van der Waals surface area contributed by atoms with Crippen LogP contribution in [0.4, 0.5) is 9.18 Å². The Morgan fingerprint density at radius 1 is 1.23 bits per heavy atom. The van der Waals surface area contributed by atoms with Crippen molar-refractivity contribution in [1.29, 1.82) is 0 Å². The molecular formula is C23H21FN2O5. The highest BCUT2D eigenvalue weighted by Gasteiger charge is 2.20. The molecule has 31 heavy (non-hydrogen) atoms. The van der Waals surface area contributed by atoms with Crippen LogP contribution < -0.4 is 10.1 Å². The first kappa shape index (κ1) is 21.8. The number of hydrogen-bond donors (Lipinski definition) is 2. The second-order valence-electron chi connectivity index (χ2n) is 6.69. The molecule has 2 aromatic carbocycles. The molecule has 1 aromatic heterocycles. The fraction of sp³-hybridized carbons (Fsp3) is 0.174. The summed E-state index contributed by atoms with van der Waals surface area (Å²) >= 11 is 0. The molecule has 1 amide bonds. The quantitative estimate of drug-likeness (QED) is 0.505. The average Bonchev–Trinajstić information content (AvgIpc) is 2.76. The standard InChI is InChI=1S/C23H21FN2O5/c1-2-10-30-23(29)26-17(11-15-6-4-3-5-7-15)14-31-20-9-8-19-18(21(20)22(27)28)12-16(24)13-25-19/h2-9,12-13,17H,1,10-11,14H2,(H,26,29)(H,27,28)/t17-/m1/s1. The lowest BCUT2D eigenvalue weighted by atomic mass is 10.1. The number of benzene rings is 2. The van der Waals surface area contributed by atoms with Gasteiger partial charge in [-0.2, -0.15) is 0 Å². The molecule has 1 atom stereocenters. The average molecular weight is 424 g/mol. The molecule has 0 aliphatic carbocycles. The van der Waals surface area contributed by atoms with Crippen molar-refractivity contribution in [2.45, 2.75) is 12.5 Å². The molecule has 2 N–H and O–H groups in total. The van der Waals surface area contributed by atoms with Gasteiger partial charge in [0.25, 0.3) is 0 Å². The van der Waals surface area contributed by atoms with Crippen LogP contribution in [0.25, 0.3) is 10.9 Å². The number of nitrogens with one attached hydrogen (secondary N) is 1. The van der Waals surface area contributed by atoms with Gasteiger partial charge in [0.15, 0.2) is 0 Å². The molecule has 0 fully saturated rings. The molecule has 0 aliphatic rings. The van der Waals surface area contributed by atoms with E-state index in [9.17, 15) is 19.1 Å². The lowest BCUT2D eigenvalue weighted by molar-refractivity contribution is 0.0693. The van der Waals surface area contributed by atoms with Crippen molar-refractivity contribution in [3.05, 3.63) is 84.3 Å². The smallest absolute Gasteiger partial charge is 0.407 e. The summed E-state index contributed by atoms with van der Waals surface area (Å²) in [5.41, 5.74) is 1.08. The van der Waals surface area contributed by atoms with E-state index in [-0.39, 0.29) is 29.9 Å². The molecule has 7 nitrogen and oxygen atoms in total. The van der Waals surface area contributed by atoms with Crippen LogP contribution in [0.1, 0.15) is 15.9 Å². The topological polar surface area (TPSA) is 97.8 Å². The van der Waals surface area contributed by atoms with Crippen LogP contribution >= 0.6 is 0 Å². The molecule has 8 heteroatoms. The normalized spacial score (nSPS) is 11.5. The van der Waals surface area contributed by atoms with Crippen LogP contribution in [0.15, 0.2) is 67.4 Å². The van der Waals surface area contributed by atoms with Crippen LogP contribution in [0, 0.1) is 5.82 Å². The third-order valence-corrected chi connectivity index (χ3v) is 4.43. The maximum Gasteiger partial charge on any atom is 0.407 e. The number of carboxylic acid groups (broad SMARTS) is 1. The Bertz CT molecular complexity index is 1090. The van der Waals surface area contributed by atoms with Crippen LogP contribution in [0.2, 0.25) is 0 Å². The highest BCUT2D eigenvalue weighted by Crippen LogP contribution is 2.28. The van der Waals surface area contributed by atoms with Gasteiger partial charge < -0.3 is 19.9 Å². The van der Waals surface area contributed by atoms with Gasteiger partial charge in [-0.3, -0.25) is 4.98 Å². The zero-order valence-corrected chi connectivity index (χ0v) is 16.6. The monoisotopic (exact) mass is 424 g/mol. The number of carbonyl (C=O) groups excluding carboxylic acids is 1. The largest absolute Gasteiger partial charge is 0.491 e. The Hall–Kier alpha value is -3.94. The van der Waals surface area contributed by atoms with Crippen molar-refractivity contribution in [3.63, 3.8) is 0 Å². The maximum atomic E-state index is 13.6. The van der Waals surface area contributed by atoms with Crippen molar-refractivity contribution in [1.82, 2.24) is 10.3 Å². The molecule has 0 spiro atoms. The summed E-state index contributed by atoms with van der Waals surface area (Å²) in [4.78, 5) is 27.8. The number of halogens is 1. The summed E-state index contributed by atoms with van der Waals surface area (Å²) in [6, 6.07) is 13.0. The van der Waals surface area contributed by atoms with Crippen LogP contribution in [-0.2, 0) is 11.2 Å². The summed E-state index contributed by atoms with van der Waals surface area (Å²) in [6.45, 7) is 3.51. The zero-order chi connectivity index (χ0) is 22.2. The molecule has 0 saturated carbocycles. The molecule has 1 heterocycles. The van der Waals surface area contributed by atoms with E-state index in [1.807, 2.05) is 30.3 Å². The first-order valence-corrected chi connectivity index (χ1v) is 9.50. The lowest BCUT2D eigenvalue weighted by Crippen LogP contribution is -2.41. The van der Waals surface area contributed by atoms with Crippen molar-refractivity contribution in [2.75, 3.05) is 13.2 Å². The highest BCUT2D eigenvalue weighted by molar-refractivity contribution is 6.05. The predicted octanol–water partition coefficient (Wildman–Crippen LogP) is 3.97. The van der Waals surface area contributed by atoms with Gasteiger partial charge in [-0.05, 0) is 30.2 Å². The van der Waals surface area contributed by atoms with Gasteiger partial charge in [0.05, 0.1) is 17.8 Å². The number of fused-ring (bicyclic) bond motifs is 1. The van der Waals surface area contributed by atoms with E-state index in [0.717, 1.165) is 17.8 Å². The Balaban J connectivity index is 1.83. The number of ether oxygens (including phenoxy) is 2. The second-order valence-corrected chi connectivity index (χ2v) is 6.69. The minimum atomic E-state index is -1.27. The number of hydrogen-bond acceptors (Lipinski definition) is 5. The highest BCUT2D eigenvalue weighted by atomic mass is 19.1.